The normalized spacial score (nSPS) is 16.1. The Balaban J connectivity index is 0.00000120. The smallest absolute Gasteiger partial charge is 0.246 e. The molecule has 4 nitrogen and oxygen atoms in total. The fourth-order valence-electron chi connectivity index (χ4n) is 1.69. The predicted molar refractivity (Wildman–Crippen MR) is 70.9 cm³/mol. The van der Waals surface area contributed by atoms with Crippen molar-refractivity contribution in [3.05, 3.63) is 46.6 Å². The third-order valence-electron chi connectivity index (χ3n) is 2.99. The van der Waals surface area contributed by atoms with E-state index < -0.39 is 0 Å². The van der Waals surface area contributed by atoms with Crippen LogP contribution >= 0.6 is 24.0 Å². The summed E-state index contributed by atoms with van der Waals surface area (Å²) in [5.74, 6) is 1.17. The van der Waals surface area contributed by atoms with Crippen LogP contribution in [0.2, 0.25) is 5.02 Å². The maximum atomic E-state index is 6.07. The van der Waals surface area contributed by atoms with E-state index in [1.165, 1.54) is 0 Å². The number of nitrogens with zero attached hydrogens (tertiary/aromatic N) is 2. The predicted octanol–water partition coefficient (Wildman–Crippen LogP) is 2.68. The van der Waals surface area contributed by atoms with Gasteiger partial charge in [0.2, 0.25) is 5.89 Å². The first-order valence-corrected chi connectivity index (χ1v) is 5.90. The molecule has 2 N–H and O–H groups in total. The molecule has 1 aromatic heterocycles. The van der Waals surface area contributed by atoms with Crippen LogP contribution in [0, 0.1) is 0 Å². The average molecular weight is 286 g/mol. The van der Waals surface area contributed by atoms with Crippen LogP contribution in [0.5, 0.6) is 0 Å². The molecule has 1 aromatic carbocycles. The molecular formula is C12H13Cl2N3O. The second-order valence-electron chi connectivity index (χ2n) is 4.44. The summed E-state index contributed by atoms with van der Waals surface area (Å²) in [5, 5.41) is 4.65. The van der Waals surface area contributed by atoms with E-state index in [1.54, 1.807) is 0 Å². The van der Waals surface area contributed by atoms with Crippen LogP contribution in [0.1, 0.15) is 30.1 Å². The average Bonchev–Trinajstić information content (AvgIpc) is 2.90. The van der Waals surface area contributed by atoms with E-state index in [4.69, 9.17) is 21.9 Å². The number of hydrogen-bond donors (Lipinski definition) is 1. The van der Waals surface area contributed by atoms with E-state index in [9.17, 15) is 0 Å². The Bertz CT molecular complexity index is 552. The molecular weight excluding hydrogens is 273 g/mol. The Morgan fingerprint density at radius 3 is 2.72 bits per heavy atom. The van der Waals surface area contributed by atoms with Gasteiger partial charge in [-0.05, 0) is 24.5 Å². The first-order chi connectivity index (χ1) is 8.17. The fraction of sp³-hybridized carbons (Fsp3) is 0.333. The number of nitrogens with two attached hydrogens (primary N) is 1. The van der Waals surface area contributed by atoms with Gasteiger partial charge in [-0.3, -0.25) is 0 Å². The van der Waals surface area contributed by atoms with E-state index in [2.05, 4.69) is 10.1 Å². The van der Waals surface area contributed by atoms with E-state index in [-0.39, 0.29) is 17.9 Å². The lowest BCUT2D eigenvalue weighted by molar-refractivity contribution is 0.344. The minimum absolute atomic E-state index is 0. The van der Waals surface area contributed by atoms with Gasteiger partial charge in [0.15, 0.2) is 5.82 Å². The van der Waals surface area contributed by atoms with Gasteiger partial charge in [0.05, 0.1) is 5.54 Å². The SMILES string of the molecule is Cl.NC1(c2nc(Cc3ccccc3Cl)no2)CC1. The summed E-state index contributed by atoms with van der Waals surface area (Å²) < 4.78 is 5.17. The summed E-state index contributed by atoms with van der Waals surface area (Å²) in [7, 11) is 0. The van der Waals surface area contributed by atoms with Crippen molar-refractivity contribution in [1.82, 2.24) is 10.1 Å². The monoisotopic (exact) mass is 285 g/mol. The van der Waals surface area contributed by atoms with Crippen molar-refractivity contribution in [2.24, 2.45) is 5.73 Å². The lowest BCUT2D eigenvalue weighted by Gasteiger charge is -1.99. The standard InChI is InChI=1S/C12H12ClN3O.ClH/c13-9-4-2-1-3-8(9)7-10-15-11(17-16-10)12(14)5-6-12;/h1-4H,5-7,14H2;1H. The van der Waals surface area contributed by atoms with E-state index in [0.717, 1.165) is 18.4 Å². The van der Waals surface area contributed by atoms with Gasteiger partial charge in [-0.25, -0.2) is 0 Å². The van der Waals surface area contributed by atoms with Gasteiger partial charge in [0, 0.05) is 11.4 Å². The van der Waals surface area contributed by atoms with Crippen molar-refractivity contribution in [3.8, 4) is 0 Å². The number of halogens is 2. The van der Waals surface area contributed by atoms with Gasteiger partial charge in [0.25, 0.3) is 0 Å². The third-order valence-corrected chi connectivity index (χ3v) is 3.36. The van der Waals surface area contributed by atoms with Gasteiger partial charge < -0.3 is 10.3 Å². The second kappa shape index (κ2) is 4.88. The number of rotatable bonds is 3. The third kappa shape index (κ3) is 2.51. The molecule has 96 valence electrons. The van der Waals surface area contributed by atoms with Crippen LogP contribution in [-0.2, 0) is 12.0 Å². The minimum atomic E-state index is -0.369. The lowest BCUT2D eigenvalue weighted by atomic mass is 10.1. The van der Waals surface area contributed by atoms with Gasteiger partial charge in [0.1, 0.15) is 0 Å². The molecule has 3 rings (SSSR count). The van der Waals surface area contributed by atoms with Crippen molar-refractivity contribution in [1.29, 1.82) is 0 Å². The first kappa shape index (κ1) is 13.3. The molecule has 0 radical (unpaired) electrons. The number of aromatic nitrogens is 2. The largest absolute Gasteiger partial charge is 0.337 e. The molecule has 1 aliphatic rings. The highest BCUT2D eigenvalue weighted by atomic mass is 35.5. The van der Waals surface area contributed by atoms with Crippen molar-refractivity contribution in [2.75, 3.05) is 0 Å². The molecule has 1 heterocycles. The highest BCUT2D eigenvalue weighted by molar-refractivity contribution is 6.31. The van der Waals surface area contributed by atoms with Crippen LogP contribution in [0.4, 0.5) is 0 Å². The van der Waals surface area contributed by atoms with Crippen molar-refractivity contribution < 1.29 is 4.52 Å². The van der Waals surface area contributed by atoms with Crippen molar-refractivity contribution in [3.63, 3.8) is 0 Å². The highest BCUT2D eigenvalue weighted by Crippen LogP contribution is 2.41. The topological polar surface area (TPSA) is 64.9 Å². The molecule has 1 saturated carbocycles. The van der Waals surface area contributed by atoms with Crippen LogP contribution in [-0.4, -0.2) is 10.1 Å². The maximum absolute atomic E-state index is 6.07. The molecule has 0 amide bonds. The molecule has 2 aromatic rings. The number of benzene rings is 1. The molecule has 1 fully saturated rings. The minimum Gasteiger partial charge on any atom is -0.337 e. The van der Waals surface area contributed by atoms with Crippen molar-refractivity contribution in [2.45, 2.75) is 24.8 Å². The van der Waals surface area contributed by atoms with Gasteiger partial charge in [-0.2, -0.15) is 4.98 Å². The van der Waals surface area contributed by atoms with Crippen LogP contribution < -0.4 is 5.73 Å². The molecule has 0 saturated heterocycles. The molecule has 1 aliphatic carbocycles. The molecule has 0 unspecified atom stereocenters. The Morgan fingerprint density at radius 1 is 1.33 bits per heavy atom. The second-order valence-corrected chi connectivity index (χ2v) is 4.85. The summed E-state index contributed by atoms with van der Waals surface area (Å²) >= 11 is 6.07. The summed E-state index contributed by atoms with van der Waals surface area (Å²) in [6.07, 6.45) is 2.40. The molecule has 6 heteroatoms. The van der Waals surface area contributed by atoms with Crippen LogP contribution in [0.3, 0.4) is 0 Å². The summed E-state index contributed by atoms with van der Waals surface area (Å²) in [4.78, 5) is 4.32. The Kier molecular flexibility index (Phi) is 3.61. The Morgan fingerprint density at radius 2 is 2.06 bits per heavy atom. The van der Waals surface area contributed by atoms with Gasteiger partial charge in [-0.15, -0.1) is 12.4 Å². The lowest BCUT2D eigenvalue weighted by Crippen LogP contribution is -2.19. The zero-order chi connectivity index (χ0) is 11.9. The van der Waals surface area contributed by atoms with Crippen molar-refractivity contribution >= 4 is 24.0 Å². The number of hydrogen-bond acceptors (Lipinski definition) is 4. The van der Waals surface area contributed by atoms with Gasteiger partial charge in [-0.1, -0.05) is 35.0 Å². The fourth-order valence-corrected chi connectivity index (χ4v) is 1.89. The molecule has 0 aliphatic heterocycles. The molecule has 0 atom stereocenters. The van der Waals surface area contributed by atoms with E-state index in [1.807, 2.05) is 24.3 Å². The highest BCUT2D eigenvalue weighted by Gasteiger charge is 2.45. The Labute approximate surface area is 116 Å². The first-order valence-electron chi connectivity index (χ1n) is 5.53. The van der Waals surface area contributed by atoms with Crippen LogP contribution in [0.25, 0.3) is 0 Å². The summed E-state index contributed by atoms with van der Waals surface area (Å²) in [5.41, 5.74) is 6.60. The van der Waals surface area contributed by atoms with E-state index >= 15 is 0 Å². The Hall–Kier alpha value is -1.10. The summed E-state index contributed by atoms with van der Waals surface area (Å²) in [6, 6.07) is 7.64. The molecule has 0 spiro atoms. The van der Waals surface area contributed by atoms with Crippen LogP contribution in [0.15, 0.2) is 28.8 Å². The zero-order valence-electron chi connectivity index (χ0n) is 9.60. The van der Waals surface area contributed by atoms with E-state index in [0.29, 0.717) is 23.2 Å². The quantitative estimate of drug-likeness (QED) is 0.942. The summed E-state index contributed by atoms with van der Waals surface area (Å²) in [6.45, 7) is 0. The molecule has 18 heavy (non-hydrogen) atoms. The maximum Gasteiger partial charge on any atom is 0.246 e. The zero-order valence-corrected chi connectivity index (χ0v) is 11.2. The van der Waals surface area contributed by atoms with Gasteiger partial charge >= 0.3 is 0 Å². The molecule has 0 bridgehead atoms.